The predicted molar refractivity (Wildman–Crippen MR) is 87.7 cm³/mol. The lowest BCUT2D eigenvalue weighted by Gasteiger charge is -2.13. The summed E-state index contributed by atoms with van der Waals surface area (Å²) in [5.41, 5.74) is 8.83. The van der Waals surface area contributed by atoms with Crippen molar-refractivity contribution in [2.45, 2.75) is 24.3 Å². The summed E-state index contributed by atoms with van der Waals surface area (Å²) in [5, 5.41) is 0. The van der Waals surface area contributed by atoms with Crippen molar-refractivity contribution in [3.8, 4) is 0 Å². The third-order valence-electron chi connectivity index (χ3n) is 2.99. The molecule has 1 atom stereocenters. The normalized spacial score (nSPS) is 12.4. The van der Waals surface area contributed by atoms with Crippen LogP contribution in [0.2, 0.25) is 0 Å². The second-order valence-corrected chi connectivity index (χ2v) is 6.55. The predicted octanol–water partition coefficient (Wildman–Crippen LogP) is 4.42. The molecule has 0 aliphatic rings. The van der Waals surface area contributed by atoms with Gasteiger partial charge in [-0.1, -0.05) is 52.3 Å². The molecule has 0 saturated heterocycles. The van der Waals surface area contributed by atoms with Crippen LogP contribution in [0.4, 0.5) is 0 Å². The highest BCUT2D eigenvalue weighted by molar-refractivity contribution is 9.10. The zero-order chi connectivity index (χ0) is 13.7. The zero-order valence-corrected chi connectivity index (χ0v) is 13.4. The minimum Gasteiger partial charge on any atom is -0.327 e. The van der Waals surface area contributed by atoms with E-state index < -0.39 is 0 Å². The number of rotatable bonds is 5. The average Bonchev–Trinajstić information content (AvgIpc) is 2.40. The van der Waals surface area contributed by atoms with Gasteiger partial charge in [0.2, 0.25) is 0 Å². The van der Waals surface area contributed by atoms with Gasteiger partial charge in [0.25, 0.3) is 0 Å². The fourth-order valence-corrected chi connectivity index (χ4v) is 3.35. The third kappa shape index (κ3) is 4.37. The summed E-state index contributed by atoms with van der Waals surface area (Å²) >= 11 is 5.41. The number of halogens is 1. The number of thioether (sulfide) groups is 1. The molecular formula is C16H18BrNS. The first-order chi connectivity index (χ1) is 9.16. The standard InChI is InChI=1S/C16H18BrNS/c1-12-6-2-5-9-16(12)19-11-14(18)10-13-7-3-4-8-15(13)17/h2-9,14H,10-11,18H2,1H3. The minimum atomic E-state index is 0.170. The Morgan fingerprint density at radius 1 is 1.11 bits per heavy atom. The van der Waals surface area contributed by atoms with Crippen LogP contribution in [0, 0.1) is 6.92 Å². The van der Waals surface area contributed by atoms with Gasteiger partial charge in [0.05, 0.1) is 0 Å². The van der Waals surface area contributed by atoms with E-state index in [2.05, 4.69) is 65.3 Å². The molecule has 0 radical (unpaired) electrons. The van der Waals surface area contributed by atoms with Gasteiger partial charge in [-0.15, -0.1) is 11.8 Å². The Bertz CT molecular complexity index is 542. The fraction of sp³-hybridized carbons (Fsp3) is 0.250. The topological polar surface area (TPSA) is 26.0 Å². The summed E-state index contributed by atoms with van der Waals surface area (Å²) in [4.78, 5) is 1.32. The highest BCUT2D eigenvalue weighted by Crippen LogP contribution is 2.24. The molecule has 0 fully saturated rings. The lowest BCUT2D eigenvalue weighted by molar-refractivity contribution is 0.746. The molecule has 3 heteroatoms. The SMILES string of the molecule is Cc1ccccc1SCC(N)Cc1ccccc1Br. The molecule has 0 aliphatic heterocycles. The Balaban J connectivity index is 1.90. The van der Waals surface area contributed by atoms with Gasteiger partial charge in [0.15, 0.2) is 0 Å². The van der Waals surface area contributed by atoms with Crippen LogP contribution in [0.3, 0.4) is 0 Å². The van der Waals surface area contributed by atoms with E-state index in [9.17, 15) is 0 Å². The average molecular weight is 336 g/mol. The van der Waals surface area contributed by atoms with Gasteiger partial charge in [-0.3, -0.25) is 0 Å². The first-order valence-electron chi connectivity index (χ1n) is 6.34. The van der Waals surface area contributed by atoms with Crippen molar-refractivity contribution >= 4 is 27.7 Å². The molecule has 0 heterocycles. The summed E-state index contributed by atoms with van der Waals surface area (Å²) in [6, 6.07) is 16.9. The van der Waals surface area contributed by atoms with E-state index in [-0.39, 0.29) is 6.04 Å². The van der Waals surface area contributed by atoms with E-state index in [0.717, 1.165) is 16.6 Å². The Kier molecular flexibility index (Phi) is 5.49. The lowest BCUT2D eigenvalue weighted by atomic mass is 10.1. The largest absolute Gasteiger partial charge is 0.327 e. The van der Waals surface area contributed by atoms with Gasteiger partial charge in [-0.05, 0) is 36.6 Å². The first kappa shape index (κ1) is 14.6. The molecule has 0 saturated carbocycles. The van der Waals surface area contributed by atoms with Crippen LogP contribution >= 0.6 is 27.7 Å². The van der Waals surface area contributed by atoms with Gasteiger partial charge < -0.3 is 5.73 Å². The first-order valence-corrected chi connectivity index (χ1v) is 8.12. The number of hydrogen-bond acceptors (Lipinski definition) is 2. The number of nitrogens with two attached hydrogens (primary N) is 1. The zero-order valence-electron chi connectivity index (χ0n) is 11.0. The summed E-state index contributed by atoms with van der Waals surface area (Å²) in [6.45, 7) is 2.14. The summed E-state index contributed by atoms with van der Waals surface area (Å²) < 4.78 is 1.14. The summed E-state index contributed by atoms with van der Waals surface area (Å²) in [5.74, 6) is 0.937. The maximum atomic E-state index is 6.23. The Morgan fingerprint density at radius 3 is 2.53 bits per heavy atom. The van der Waals surface area contributed by atoms with Crippen LogP contribution in [0.15, 0.2) is 57.9 Å². The molecule has 1 nitrogen and oxygen atoms in total. The summed E-state index contributed by atoms with van der Waals surface area (Å²) in [6.07, 6.45) is 0.903. The van der Waals surface area contributed by atoms with Crippen LogP contribution in [0.5, 0.6) is 0 Å². The highest BCUT2D eigenvalue weighted by atomic mass is 79.9. The Labute approximate surface area is 127 Å². The molecule has 19 heavy (non-hydrogen) atoms. The van der Waals surface area contributed by atoms with Gasteiger partial charge in [0, 0.05) is 21.2 Å². The maximum absolute atomic E-state index is 6.23. The second kappa shape index (κ2) is 7.13. The van der Waals surface area contributed by atoms with E-state index in [4.69, 9.17) is 5.73 Å². The van der Waals surface area contributed by atoms with E-state index in [1.54, 1.807) is 0 Å². The summed E-state index contributed by atoms with van der Waals surface area (Å²) in [7, 11) is 0. The molecule has 0 amide bonds. The van der Waals surface area contributed by atoms with Crippen LogP contribution < -0.4 is 5.73 Å². The molecule has 100 valence electrons. The molecular weight excluding hydrogens is 318 g/mol. The Morgan fingerprint density at radius 2 is 1.79 bits per heavy atom. The van der Waals surface area contributed by atoms with Gasteiger partial charge >= 0.3 is 0 Å². The molecule has 1 unspecified atom stereocenters. The van der Waals surface area contributed by atoms with Crippen LogP contribution in [-0.4, -0.2) is 11.8 Å². The van der Waals surface area contributed by atoms with Crippen LogP contribution in [0.25, 0.3) is 0 Å². The minimum absolute atomic E-state index is 0.170. The third-order valence-corrected chi connectivity index (χ3v) is 5.12. The van der Waals surface area contributed by atoms with E-state index in [1.165, 1.54) is 16.0 Å². The molecule has 2 N–H and O–H groups in total. The molecule has 2 rings (SSSR count). The van der Waals surface area contributed by atoms with E-state index >= 15 is 0 Å². The van der Waals surface area contributed by atoms with Crippen molar-refractivity contribution in [3.05, 3.63) is 64.1 Å². The van der Waals surface area contributed by atoms with Crippen molar-refractivity contribution in [1.29, 1.82) is 0 Å². The molecule has 2 aromatic rings. The quantitative estimate of drug-likeness (QED) is 0.818. The molecule has 0 bridgehead atoms. The lowest BCUT2D eigenvalue weighted by Crippen LogP contribution is -2.25. The monoisotopic (exact) mass is 335 g/mol. The van der Waals surface area contributed by atoms with Gasteiger partial charge in [-0.2, -0.15) is 0 Å². The van der Waals surface area contributed by atoms with E-state index in [1.807, 2.05) is 17.8 Å². The van der Waals surface area contributed by atoms with Crippen molar-refractivity contribution in [2.24, 2.45) is 5.73 Å². The Hall–Kier alpha value is -0.770. The van der Waals surface area contributed by atoms with Crippen LogP contribution in [-0.2, 0) is 6.42 Å². The van der Waals surface area contributed by atoms with Crippen molar-refractivity contribution < 1.29 is 0 Å². The van der Waals surface area contributed by atoms with Crippen molar-refractivity contribution in [2.75, 3.05) is 5.75 Å². The smallest absolute Gasteiger partial charge is 0.0207 e. The molecule has 2 aromatic carbocycles. The molecule has 0 aromatic heterocycles. The fourth-order valence-electron chi connectivity index (χ4n) is 1.92. The molecule has 0 aliphatic carbocycles. The molecule has 0 spiro atoms. The van der Waals surface area contributed by atoms with Crippen LogP contribution in [0.1, 0.15) is 11.1 Å². The van der Waals surface area contributed by atoms with Gasteiger partial charge in [0.1, 0.15) is 0 Å². The number of hydrogen-bond donors (Lipinski definition) is 1. The second-order valence-electron chi connectivity index (χ2n) is 4.63. The van der Waals surface area contributed by atoms with Crippen molar-refractivity contribution in [3.63, 3.8) is 0 Å². The van der Waals surface area contributed by atoms with E-state index in [0.29, 0.717) is 0 Å². The maximum Gasteiger partial charge on any atom is 0.0207 e. The number of aryl methyl sites for hydroxylation is 1. The highest BCUT2D eigenvalue weighted by Gasteiger charge is 2.08. The van der Waals surface area contributed by atoms with Gasteiger partial charge in [-0.25, -0.2) is 0 Å². The number of benzene rings is 2. The van der Waals surface area contributed by atoms with Crippen molar-refractivity contribution in [1.82, 2.24) is 0 Å².